The lowest BCUT2D eigenvalue weighted by atomic mass is 10.1. The molecule has 0 aliphatic carbocycles. The number of halogens is 1. The van der Waals surface area contributed by atoms with Gasteiger partial charge in [0, 0.05) is 21.7 Å². The summed E-state index contributed by atoms with van der Waals surface area (Å²) in [6.07, 6.45) is 0. The number of anilines is 1. The molecule has 1 amide bonds. The van der Waals surface area contributed by atoms with Gasteiger partial charge in [0.2, 0.25) is 0 Å². The fourth-order valence-corrected chi connectivity index (χ4v) is 3.20. The van der Waals surface area contributed by atoms with Crippen molar-refractivity contribution in [3.63, 3.8) is 0 Å². The number of rotatable bonds is 6. The van der Waals surface area contributed by atoms with Crippen molar-refractivity contribution in [2.45, 2.75) is 11.8 Å². The maximum atomic E-state index is 12.9. The number of Topliss-reactive ketones (excluding diaryl/α,β-unsaturated/α-hetero) is 1. The van der Waals surface area contributed by atoms with Crippen LogP contribution >= 0.6 is 11.8 Å². The molecular weight excluding hydrogens is 361 g/mol. The number of nitrogens with one attached hydrogen (secondary N) is 1. The van der Waals surface area contributed by atoms with Crippen LogP contribution in [-0.2, 0) is 0 Å². The molecule has 0 aliphatic rings. The van der Waals surface area contributed by atoms with E-state index in [4.69, 9.17) is 0 Å². The van der Waals surface area contributed by atoms with Gasteiger partial charge >= 0.3 is 0 Å². The van der Waals surface area contributed by atoms with Gasteiger partial charge in [-0.15, -0.1) is 11.8 Å². The highest BCUT2D eigenvalue weighted by molar-refractivity contribution is 8.00. The van der Waals surface area contributed by atoms with E-state index in [0.29, 0.717) is 16.8 Å². The quantitative estimate of drug-likeness (QED) is 0.463. The Hall–Kier alpha value is -2.92. The molecule has 0 spiro atoms. The maximum Gasteiger partial charge on any atom is 0.255 e. The van der Waals surface area contributed by atoms with Crippen molar-refractivity contribution in [1.82, 2.24) is 0 Å². The molecule has 3 rings (SSSR count). The van der Waals surface area contributed by atoms with E-state index in [1.54, 1.807) is 24.3 Å². The Kier molecular flexibility index (Phi) is 6.04. The number of thioether (sulfide) groups is 1. The molecule has 27 heavy (non-hydrogen) atoms. The summed E-state index contributed by atoms with van der Waals surface area (Å²) in [5.41, 5.74) is 2.88. The van der Waals surface area contributed by atoms with Crippen LogP contribution in [0, 0.1) is 12.7 Å². The number of ketones is 1. The summed E-state index contributed by atoms with van der Waals surface area (Å²) in [7, 11) is 0. The van der Waals surface area contributed by atoms with Gasteiger partial charge < -0.3 is 5.32 Å². The van der Waals surface area contributed by atoms with Crippen molar-refractivity contribution < 1.29 is 14.0 Å². The second-order valence-corrected chi connectivity index (χ2v) is 7.11. The van der Waals surface area contributed by atoms with Gasteiger partial charge in [0.1, 0.15) is 5.82 Å². The summed E-state index contributed by atoms with van der Waals surface area (Å²) in [5.74, 6) is -0.318. The average Bonchev–Trinajstić information content (AvgIpc) is 2.68. The summed E-state index contributed by atoms with van der Waals surface area (Å²) in [5, 5.41) is 2.85. The van der Waals surface area contributed by atoms with E-state index >= 15 is 0 Å². The van der Waals surface area contributed by atoms with Gasteiger partial charge in [-0.1, -0.05) is 17.7 Å². The third-order valence-electron chi connectivity index (χ3n) is 3.96. The third kappa shape index (κ3) is 5.28. The monoisotopic (exact) mass is 379 g/mol. The lowest BCUT2D eigenvalue weighted by molar-refractivity contribution is 0.101. The van der Waals surface area contributed by atoms with E-state index in [-0.39, 0.29) is 23.3 Å². The minimum absolute atomic E-state index is 0.0586. The molecule has 0 radical (unpaired) electrons. The number of aryl methyl sites for hydroxylation is 1. The Labute approximate surface area is 161 Å². The number of carbonyl (C=O) groups is 2. The standard InChI is InChI=1S/C22H18FNO2S/c1-15-2-4-17(5-3-15)22(26)24-19-10-12-20(13-11-19)27-14-21(25)16-6-8-18(23)9-7-16/h2-13H,14H2,1H3,(H,24,26). The molecular formula is C22H18FNO2S. The lowest BCUT2D eigenvalue weighted by Crippen LogP contribution is -2.11. The number of amides is 1. The van der Waals surface area contributed by atoms with Gasteiger partial charge in [-0.2, -0.15) is 0 Å². The maximum absolute atomic E-state index is 12.9. The van der Waals surface area contributed by atoms with E-state index < -0.39 is 0 Å². The largest absolute Gasteiger partial charge is 0.322 e. The molecule has 3 nitrogen and oxygen atoms in total. The highest BCUT2D eigenvalue weighted by Crippen LogP contribution is 2.22. The van der Waals surface area contributed by atoms with Gasteiger partial charge in [-0.3, -0.25) is 9.59 Å². The molecule has 136 valence electrons. The van der Waals surface area contributed by atoms with Crippen molar-refractivity contribution in [2.24, 2.45) is 0 Å². The van der Waals surface area contributed by atoms with Crippen LogP contribution in [0.2, 0.25) is 0 Å². The smallest absolute Gasteiger partial charge is 0.255 e. The Morgan fingerprint density at radius 2 is 1.44 bits per heavy atom. The van der Waals surface area contributed by atoms with Gasteiger partial charge in [-0.05, 0) is 67.6 Å². The third-order valence-corrected chi connectivity index (χ3v) is 4.97. The first-order chi connectivity index (χ1) is 13.0. The molecule has 1 N–H and O–H groups in total. The van der Waals surface area contributed by atoms with Crippen LogP contribution < -0.4 is 5.32 Å². The first-order valence-electron chi connectivity index (χ1n) is 8.41. The van der Waals surface area contributed by atoms with Crippen LogP contribution in [0.25, 0.3) is 0 Å². The molecule has 0 saturated heterocycles. The topological polar surface area (TPSA) is 46.2 Å². The van der Waals surface area contributed by atoms with E-state index in [2.05, 4.69) is 5.32 Å². The Bertz CT molecular complexity index is 936. The van der Waals surface area contributed by atoms with Gasteiger partial charge in [-0.25, -0.2) is 4.39 Å². The highest BCUT2D eigenvalue weighted by Gasteiger charge is 2.08. The van der Waals surface area contributed by atoms with Crippen LogP contribution in [-0.4, -0.2) is 17.4 Å². The number of hydrogen-bond donors (Lipinski definition) is 1. The van der Waals surface area contributed by atoms with Crippen molar-refractivity contribution >= 4 is 29.1 Å². The zero-order valence-electron chi connectivity index (χ0n) is 14.7. The van der Waals surface area contributed by atoms with Crippen LogP contribution in [0.1, 0.15) is 26.3 Å². The molecule has 0 unspecified atom stereocenters. The fraction of sp³-hybridized carbons (Fsp3) is 0.0909. The summed E-state index contributed by atoms with van der Waals surface area (Å²) in [6, 6.07) is 20.2. The molecule has 3 aromatic rings. The molecule has 0 bridgehead atoms. The highest BCUT2D eigenvalue weighted by atomic mass is 32.2. The first kappa shape index (κ1) is 18.9. The first-order valence-corrected chi connectivity index (χ1v) is 9.39. The second kappa shape index (κ2) is 8.64. The summed E-state index contributed by atoms with van der Waals surface area (Å²) in [4.78, 5) is 25.3. The molecule has 0 atom stereocenters. The molecule has 5 heteroatoms. The normalized spacial score (nSPS) is 10.4. The SMILES string of the molecule is Cc1ccc(C(=O)Nc2ccc(SCC(=O)c3ccc(F)cc3)cc2)cc1. The van der Waals surface area contributed by atoms with Crippen molar-refractivity contribution in [3.05, 3.63) is 95.3 Å². The van der Waals surface area contributed by atoms with E-state index in [0.717, 1.165) is 10.5 Å². The molecule has 0 aromatic heterocycles. The van der Waals surface area contributed by atoms with Gasteiger partial charge in [0.15, 0.2) is 5.78 Å². The van der Waals surface area contributed by atoms with Crippen LogP contribution in [0.15, 0.2) is 77.7 Å². The Morgan fingerprint density at radius 1 is 0.852 bits per heavy atom. The number of carbonyl (C=O) groups excluding carboxylic acids is 2. The Morgan fingerprint density at radius 3 is 2.07 bits per heavy atom. The summed E-state index contributed by atoms with van der Waals surface area (Å²) < 4.78 is 12.9. The van der Waals surface area contributed by atoms with E-state index in [1.165, 1.54) is 36.0 Å². The predicted molar refractivity (Wildman–Crippen MR) is 107 cm³/mol. The number of hydrogen-bond acceptors (Lipinski definition) is 3. The molecule has 0 fully saturated rings. The van der Waals surface area contributed by atoms with Crippen molar-refractivity contribution in [1.29, 1.82) is 0 Å². The summed E-state index contributed by atoms with van der Waals surface area (Å²) in [6.45, 7) is 1.97. The van der Waals surface area contributed by atoms with Crippen LogP contribution in [0.5, 0.6) is 0 Å². The van der Waals surface area contributed by atoms with E-state index in [1.807, 2.05) is 31.2 Å². The van der Waals surface area contributed by atoms with Crippen molar-refractivity contribution in [3.8, 4) is 0 Å². The molecule has 0 aliphatic heterocycles. The van der Waals surface area contributed by atoms with Crippen LogP contribution in [0.4, 0.5) is 10.1 Å². The van der Waals surface area contributed by atoms with Crippen LogP contribution in [0.3, 0.4) is 0 Å². The predicted octanol–water partition coefficient (Wildman–Crippen LogP) is 5.36. The Balaban J connectivity index is 1.55. The lowest BCUT2D eigenvalue weighted by Gasteiger charge is -2.07. The minimum Gasteiger partial charge on any atom is -0.322 e. The molecule has 0 saturated carbocycles. The second-order valence-electron chi connectivity index (χ2n) is 6.06. The number of benzene rings is 3. The van der Waals surface area contributed by atoms with Crippen molar-refractivity contribution in [2.75, 3.05) is 11.1 Å². The fourth-order valence-electron chi connectivity index (χ4n) is 2.41. The molecule has 0 heterocycles. The summed E-state index contributed by atoms with van der Waals surface area (Å²) >= 11 is 1.40. The van der Waals surface area contributed by atoms with E-state index in [9.17, 15) is 14.0 Å². The zero-order chi connectivity index (χ0) is 19.2. The van der Waals surface area contributed by atoms with Gasteiger partial charge in [0.05, 0.1) is 5.75 Å². The zero-order valence-corrected chi connectivity index (χ0v) is 15.6. The molecule has 3 aromatic carbocycles. The minimum atomic E-state index is -0.359. The van der Waals surface area contributed by atoms with Gasteiger partial charge in [0.25, 0.3) is 5.91 Å². The average molecular weight is 379 g/mol.